The van der Waals surface area contributed by atoms with Gasteiger partial charge < -0.3 is 25.2 Å². The van der Waals surface area contributed by atoms with Crippen LogP contribution >= 0.6 is 0 Å². The molecule has 0 aliphatic carbocycles. The van der Waals surface area contributed by atoms with Crippen molar-refractivity contribution >= 4 is 0 Å². The van der Waals surface area contributed by atoms with Gasteiger partial charge in [-0.25, -0.2) is 0 Å². The van der Waals surface area contributed by atoms with Gasteiger partial charge in [-0.2, -0.15) is 0 Å². The summed E-state index contributed by atoms with van der Waals surface area (Å²) in [5.74, 6) is 0. The largest absolute Gasteiger partial charge is 0.394 e. The van der Waals surface area contributed by atoms with Gasteiger partial charge in [0.2, 0.25) is 0 Å². The molecule has 0 aromatic heterocycles. The summed E-state index contributed by atoms with van der Waals surface area (Å²) in [4.78, 5) is 0. The van der Waals surface area contributed by atoms with Crippen LogP contribution in [0.2, 0.25) is 0 Å². The molecule has 0 radical (unpaired) electrons. The molecule has 1 heterocycles. The number of hydrogen-bond donors (Lipinski definition) is 4. The molecule has 4 atom stereocenters. The second kappa shape index (κ2) is 3.46. The lowest BCUT2D eigenvalue weighted by molar-refractivity contribution is -0.221. The quantitative estimate of drug-likeness (QED) is 0.369. The number of aliphatic hydroxyl groups excluding tert-OH is 4. The van der Waals surface area contributed by atoms with Crippen LogP contribution in [-0.4, -0.2) is 58.1 Å². The third-order valence-corrected chi connectivity index (χ3v) is 1.76. The van der Waals surface area contributed by atoms with E-state index in [-0.39, 0.29) is 6.61 Å². The number of aliphatic hydroxyl groups is 4. The van der Waals surface area contributed by atoms with Gasteiger partial charge in [-0.3, -0.25) is 0 Å². The summed E-state index contributed by atoms with van der Waals surface area (Å²) in [7, 11) is 0. The van der Waals surface area contributed by atoms with Gasteiger partial charge in [0.05, 0.1) is 13.2 Å². The summed E-state index contributed by atoms with van der Waals surface area (Å²) in [5.41, 5.74) is 0. The maximum absolute atomic E-state index is 9.11. The minimum absolute atomic E-state index is 0.180. The lowest BCUT2D eigenvalue weighted by atomic mass is 10.00. The van der Waals surface area contributed by atoms with Crippen LogP contribution in [0.15, 0.2) is 0 Å². The van der Waals surface area contributed by atoms with E-state index in [2.05, 4.69) is 0 Å². The average Bonchev–Trinajstić information content (AvgIpc) is 2.00. The fraction of sp³-hybridized carbons (Fsp3) is 1.00. The highest BCUT2D eigenvalue weighted by Crippen LogP contribution is 2.18. The zero-order chi connectivity index (χ0) is 8.43. The van der Waals surface area contributed by atoms with E-state index in [4.69, 9.17) is 25.2 Å². The van der Waals surface area contributed by atoms with Crippen molar-refractivity contribution < 1.29 is 25.2 Å². The number of rotatable bonds is 3. The van der Waals surface area contributed by atoms with Crippen LogP contribution in [0.25, 0.3) is 0 Å². The highest BCUT2D eigenvalue weighted by molar-refractivity contribution is 4.87. The van der Waals surface area contributed by atoms with E-state index < -0.39 is 31.0 Å². The van der Waals surface area contributed by atoms with Crippen LogP contribution < -0.4 is 0 Å². The standard InChI is InChI=1S/C6H12O5/c7-1-3(8)5(10)6-4(9)2-11-6/h3-10H,1-2H2/t3-,4+,5+,6-/m1/s1. The Labute approximate surface area is 63.8 Å². The minimum atomic E-state index is -1.24. The fourth-order valence-corrected chi connectivity index (χ4v) is 0.947. The molecule has 11 heavy (non-hydrogen) atoms. The molecule has 5 heteroatoms. The molecule has 1 fully saturated rings. The van der Waals surface area contributed by atoms with E-state index in [1.54, 1.807) is 0 Å². The van der Waals surface area contributed by atoms with Crippen molar-refractivity contribution in [3.8, 4) is 0 Å². The van der Waals surface area contributed by atoms with Crippen LogP contribution in [0.4, 0.5) is 0 Å². The first-order valence-corrected chi connectivity index (χ1v) is 3.43. The van der Waals surface area contributed by atoms with Gasteiger partial charge in [0, 0.05) is 0 Å². The van der Waals surface area contributed by atoms with Crippen molar-refractivity contribution in [2.75, 3.05) is 13.2 Å². The molecule has 0 aromatic carbocycles. The molecule has 0 bridgehead atoms. The summed E-state index contributed by atoms with van der Waals surface area (Å²) in [6, 6.07) is 0. The Kier molecular flexibility index (Phi) is 2.80. The van der Waals surface area contributed by atoms with E-state index in [9.17, 15) is 0 Å². The van der Waals surface area contributed by atoms with Gasteiger partial charge in [-0.05, 0) is 0 Å². The maximum atomic E-state index is 9.11. The normalized spacial score (nSPS) is 36.0. The molecule has 1 aliphatic heterocycles. The molecular weight excluding hydrogens is 152 g/mol. The zero-order valence-electron chi connectivity index (χ0n) is 5.92. The van der Waals surface area contributed by atoms with E-state index >= 15 is 0 Å². The second-order valence-electron chi connectivity index (χ2n) is 2.61. The van der Waals surface area contributed by atoms with Crippen molar-refractivity contribution in [2.24, 2.45) is 0 Å². The fourth-order valence-electron chi connectivity index (χ4n) is 0.947. The first-order chi connectivity index (χ1) is 5.16. The Bertz CT molecular complexity index is 128. The Balaban J connectivity index is 2.34. The third-order valence-electron chi connectivity index (χ3n) is 1.76. The molecule has 66 valence electrons. The molecule has 5 nitrogen and oxygen atoms in total. The molecule has 0 saturated carbocycles. The summed E-state index contributed by atoms with van der Waals surface area (Å²) in [6.45, 7) is -0.354. The van der Waals surface area contributed by atoms with E-state index in [1.165, 1.54) is 0 Å². The van der Waals surface area contributed by atoms with Crippen molar-refractivity contribution in [1.82, 2.24) is 0 Å². The predicted octanol–water partition coefficient (Wildman–Crippen LogP) is -2.54. The predicted molar refractivity (Wildman–Crippen MR) is 34.8 cm³/mol. The topological polar surface area (TPSA) is 90.2 Å². The van der Waals surface area contributed by atoms with Gasteiger partial charge >= 0.3 is 0 Å². The summed E-state index contributed by atoms with van der Waals surface area (Å²) in [5, 5.41) is 35.4. The SMILES string of the molecule is OC[C@@H](O)[C@H](O)[C@@H]1OC[C@@H]1O. The van der Waals surface area contributed by atoms with Crippen molar-refractivity contribution in [3.63, 3.8) is 0 Å². The molecular formula is C6H12O5. The van der Waals surface area contributed by atoms with Crippen molar-refractivity contribution in [3.05, 3.63) is 0 Å². The van der Waals surface area contributed by atoms with E-state index in [0.29, 0.717) is 0 Å². The summed E-state index contributed by atoms with van der Waals surface area (Å²) < 4.78 is 4.76. The van der Waals surface area contributed by atoms with Crippen LogP contribution in [0.1, 0.15) is 0 Å². The molecule has 0 aromatic rings. The van der Waals surface area contributed by atoms with Gasteiger partial charge in [-0.15, -0.1) is 0 Å². The average molecular weight is 164 g/mol. The first-order valence-electron chi connectivity index (χ1n) is 3.43. The molecule has 0 amide bonds. The van der Waals surface area contributed by atoms with Crippen LogP contribution in [0.3, 0.4) is 0 Å². The van der Waals surface area contributed by atoms with Gasteiger partial charge in [0.1, 0.15) is 24.4 Å². The lowest BCUT2D eigenvalue weighted by Crippen LogP contribution is -2.56. The maximum Gasteiger partial charge on any atom is 0.114 e. The summed E-state index contributed by atoms with van der Waals surface area (Å²) >= 11 is 0. The van der Waals surface area contributed by atoms with Crippen LogP contribution in [0.5, 0.6) is 0 Å². The highest BCUT2D eigenvalue weighted by atomic mass is 16.6. The third kappa shape index (κ3) is 1.69. The molecule has 0 spiro atoms. The van der Waals surface area contributed by atoms with Gasteiger partial charge in [0.25, 0.3) is 0 Å². The van der Waals surface area contributed by atoms with Crippen LogP contribution in [0, 0.1) is 0 Å². The lowest BCUT2D eigenvalue weighted by Gasteiger charge is -2.37. The molecule has 0 unspecified atom stereocenters. The highest BCUT2D eigenvalue weighted by Gasteiger charge is 2.39. The van der Waals surface area contributed by atoms with Crippen LogP contribution in [-0.2, 0) is 4.74 Å². The Morgan fingerprint density at radius 2 is 2.09 bits per heavy atom. The van der Waals surface area contributed by atoms with Crippen molar-refractivity contribution in [1.29, 1.82) is 0 Å². The smallest absolute Gasteiger partial charge is 0.114 e. The van der Waals surface area contributed by atoms with Gasteiger partial charge in [0.15, 0.2) is 0 Å². The minimum Gasteiger partial charge on any atom is -0.394 e. The molecule has 1 aliphatic rings. The Morgan fingerprint density at radius 1 is 1.45 bits per heavy atom. The monoisotopic (exact) mass is 164 g/mol. The number of ether oxygens (including phenoxy) is 1. The second-order valence-corrected chi connectivity index (χ2v) is 2.61. The molecule has 4 N–H and O–H groups in total. The zero-order valence-corrected chi connectivity index (χ0v) is 5.92. The number of hydrogen-bond acceptors (Lipinski definition) is 5. The van der Waals surface area contributed by atoms with E-state index in [0.717, 1.165) is 0 Å². The van der Waals surface area contributed by atoms with Crippen molar-refractivity contribution in [2.45, 2.75) is 24.4 Å². The molecule has 1 rings (SSSR count). The van der Waals surface area contributed by atoms with E-state index in [1.807, 2.05) is 0 Å². The Morgan fingerprint density at radius 3 is 2.36 bits per heavy atom. The molecule has 1 saturated heterocycles. The summed E-state index contributed by atoms with van der Waals surface area (Å²) in [6.07, 6.45) is -3.93. The first kappa shape index (κ1) is 8.89. The van der Waals surface area contributed by atoms with Gasteiger partial charge in [-0.1, -0.05) is 0 Å². The Hall–Kier alpha value is -0.200.